The van der Waals surface area contributed by atoms with Gasteiger partial charge in [-0.3, -0.25) is 5.32 Å². The third kappa shape index (κ3) is 5.55. The standard InChI is InChI=1S/C25H27ClN4O/c26-21-10-9-20-17-29-24(27)22(23(20)16-21)11-6-18-4-7-19(8-5-18)25(31)28-12-15-30-13-2-1-3-14-30/h4-5,7-10,16-17,25,28,31H,1-3,12-15H2,(H2,27,29). The number of aliphatic hydroxyl groups excluding tert-OH is 1. The smallest absolute Gasteiger partial charge is 0.139 e. The number of anilines is 1. The molecule has 1 saturated heterocycles. The van der Waals surface area contributed by atoms with Crippen LogP contribution in [0.2, 0.25) is 5.02 Å². The number of nitrogens with two attached hydrogens (primary N) is 1. The third-order valence-electron chi connectivity index (χ3n) is 5.66. The molecular formula is C25H27ClN4O. The molecule has 160 valence electrons. The second-order valence-corrected chi connectivity index (χ2v) is 8.32. The Balaban J connectivity index is 1.41. The number of rotatable bonds is 5. The summed E-state index contributed by atoms with van der Waals surface area (Å²) in [5, 5.41) is 16.1. The highest BCUT2D eigenvalue weighted by molar-refractivity contribution is 6.31. The maximum atomic E-state index is 10.4. The van der Waals surface area contributed by atoms with Crippen LogP contribution < -0.4 is 11.1 Å². The summed E-state index contributed by atoms with van der Waals surface area (Å²) < 4.78 is 0. The van der Waals surface area contributed by atoms with Crippen molar-refractivity contribution >= 4 is 28.2 Å². The number of aliphatic hydroxyl groups is 1. The van der Waals surface area contributed by atoms with Crippen LogP contribution in [-0.4, -0.2) is 41.2 Å². The van der Waals surface area contributed by atoms with Crippen molar-refractivity contribution < 1.29 is 5.11 Å². The van der Waals surface area contributed by atoms with Gasteiger partial charge in [0, 0.05) is 40.6 Å². The number of likely N-dealkylation sites (tertiary alicyclic amines) is 1. The molecule has 0 radical (unpaired) electrons. The molecule has 2 heterocycles. The summed E-state index contributed by atoms with van der Waals surface area (Å²) in [5.41, 5.74) is 8.39. The minimum atomic E-state index is -0.688. The van der Waals surface area contributed by atoms with E-state index >= 15 is 0 Å². The molecule has 1 aliphatic rings. The highest BCUT2D eigenvalue weighted by atomic mass is 35.5. The van der Waals surface area contributed by atoms with Gasteiger partial charge in [0.15, 0.2) is 0 Å². The molecule has 1 unspecified atom stereocenters. The molecule has 0 amide bonds. The summed E-state index contributed by atoms with van der Waals surface area (Å²) in [4.78, 5) is 6.68. The van der Waals surface area contributed by atoms with Crippen LogP contribution in [0, 0.1) is 11.8 Å². The van der Waals surface area contributed by atoms with Crippen molar-refractivity contribution in [3.8, 4) is 11.8 Å². The molecule has 4 N–H and O–H groups in total. The molecule has 4 rings (SSSR count). The largest absolute Gasteiger partial charge is 0.383 e. The fourth-order valence-corrected chi connectivity index (χ4v) is 4.05. The van der Waals surface area contributed by atoms with Gasteiger partial charge in [-0.2, -0.15) is 0 Å². The zero-order valence-electron chi connectivity index (χ0n) is 17.4. The molecule has 1 atom stereocenters. The molecule has 5 nitrogen and oxygen atoms in total. The molecular weight excluding hydrogens is 408 g/mol. The molecule has 1 fully saturated rings. The third-order valence-corrected chi connectivity index (χ3v) is 5.89. The molecule has 0 saturated carbocycles. The topological polar surface area (TPSA) is 74.4 Å². The summed E-state index contributed by atoms with van der Waals surface area (Å²) in [6, 6.07) is 13.2. The van der Waals surface area contributed by atoms with Crippen LogP contribution in [0.4, 0.5) is 5.82 Å². The molecule has 0 aliphatic carbocycles. The lowest BCUT2D eigenvalue weighted by atomic mass is 10.1. The Labute approximate surface area is 188 Å². The Bertz CT molecular complexity index is 1090. The summed E-state index contributed by atoms with van der Waals surface area (Å²) in [7, 11) is 0. The van der Waals surface area contributed by atoms with Crippen molar-refractivity contribution in [1.82, 2.24) is 15.2 Å². The molecule has 0 bridgehead atoms. The predicted octanol–water partition coefficient (Wildman–Crippen LogP) is 3.94. The normalized spacial score (nSPS) is 15.4. The lowest BCUT2D eigenvalue weighted by Crippen LogP contribution is -2.36. The van der Waals surface area contributed by atoms with Crippen LogP contribution in [0.1, 0.15) is 42.2 Å². The van der Waals surface area contributed by atoms with Crippen molar-refractivity contribution in [3.63, 3.8) is 0 Å². The monoisotopic (exact) mass is 434 g/mol. The minimum Gasteiger partial charge on any atom is -0.383 e. The number of pyridine rings is 1. The fourth-order valence-electron chi connectivity index (χ4n) is 3.87. The Morgan fingerprint density at radius 3 is 2.65 bits per heavy atom. The van der Waals surface area contributed by atoms with Crippen LogP contribution in [0.15, 0.2) is 48.7 Å². The summed E-state index contributed by atoms with van der Waals surface area (Å²) in [5.74, 6) is 6.66. The first-order valence-corrected chi connectivity index (χ1v) is 11.1. The maximum absolute atomic E-state index is 10.4. The van der Waals surface area contributed by atoms with Crippen LogP contribution in [0.3, 0.4) is 0 Å². The van der Waals surface area contributed by atoms with Gasteiger partial charge < -0.3 is 15.7 Å². The van der Waals surface area contributed by atoms with E-state index in [4.69, 9.17) is 17.3 Å². The van der Waals surface area contributed by atoms with Crippen molar-refractivity contribution in [2.24, 2.45) is 0 Å². The Morgan fingerprint density at radius 2 is 1.87 bits per heavy atom. The van der Waals surface area contributed by atoms with Crippen LogP contribution >= 0.6 is 11.6 Å². The van der Waals surface area contributed by atoms with Crippen LogP contribution in [0.25, 0.3) is 10.8 Å². The van der Waals surface area contributed by atoms with Crippen LogP contribution in [0.5, 0.6) is 0 Å². The first-order chi connectivity index (χ1) is 15.1. The van der Waals surface area contributed by atoms with E-state index < -0.39 is 6.23 Å². The summed E-state index contributed by atoms with van der Waals surface area (Å²) in [6.45, 7) is 4.05. The number of hydrogen-bond acceptors (Lipinski definition) is 5. The molecule has 2 aromatic carbocycles. The van der Waals surface area contributed by atoms with E-state index in [0.717, 1.165) is 48.1 Å². The molecule has 1 aromatic heterocycles. The SMILES string of the molecule is Nc1ncc2ccc(Cl)cc2c1C#Cc1ccc(C(O)NCCN2CCCCC2)cc1. The Kier molecular flexibility index (Phi) is 7.06. The number of fused-ring (bicyclic) bond motifs is 1. The highest BCUT2D eigenvalue weighted by Gasteiger charge is 2.11. The number of nitrogens with one attached hydrogen (secondary N) is 1. The number of nitrogen functional groups attached to an aromatic ring is 1. The second-order valence-electron chi connectivity index (χ2n) is 7.88. The number of nitrogens with zero attached hydrogens (tertiary/aromatic N) is 2. The van der Waals surface area contributed by atoms with Gasteiger partial charge in [0.25, 0.3) is 0 Å². The van der Waals surface area contributed by atoms with Gasteiger partial charge in [0.05, 0.1) is 5.56 Å². The zero-order valence-corrected chi connectivity index (χ0v) is 18.2. The minimum absolute atomic E-state index is 0.382. The van der Waals surface area contributed by atoms with Gasteiger partial charge >= 0.3 is 0 Å². The molecule has 3 aromatic rings. The number of hydrogen-bond donors (Lipinski definition) is 3. The van der Waals surface area contributed by atoms with Gasteiger partial charge in [0.2, 0.25) is 0 Å². The summed E-state index contributed by atoms with van der Waals surface area (Å²) in [6.07, 6.45) is 4.92. The number of benzene rings is 2. The van der Waals surface area contributed by atoms with Crippen molar-refractivity contribution in [1.29, 1.82) is 0 Å². The van der Waals surface area contributed by atoms with E-state index in [1.54, 1.807) is 6.20 Å². The van der Waals surface area contributed by atoms with Gasteiger partial charge in [-0.15, -0.1) is 0 Å². The van der Waals surface area contributed by atoms with E-state index in [0.29, 0.717) is 16.4 Å². The molecule has 31 heavy (non-hydrogen) atoms. The average Bonchev–Trinajstić information content (AvgIpc) is 2.79. The highest BCUT2D eigenvalue weighted by Crippen LogP contribution is 2.25. The van der Waals surface area contributed by atoms with Crippen molar-refractivity contribution in [2.75, 3.05) is 31.9 Å². The maximum Gasteiger partial charge on any atom is 0.139 e. The Hall–Kier alpha value is -2.62. The first kappa shape index (κ1) is 21.6. The van der Waals surface area contributed by atoms with E-state index in [1.165, 1.54) is 19.3 Å². The first-order valence-electron chi connectivity index (χ1n) is 10.7. The van der Waals surface area contributed by atoms with Crippen molar-refractivity contribution in [3.05, 3.63) is 70.4 Å². The van der Waals surface area contributed by atoms with Crippen molar-refractivity contribution in [2.45, 2.75) is 25.5 Å². The quantitative estimate of drug-likeness (QED) is 0.419. The van der Waals surface area contributed by atoms with Gasteiger partial charge in [-0.25, -0.2) is 4.98 Å². The van der Waals surface area contributed by atoms with Crippen LogP contribution in [-0.2, 0) is 0 Å². The molecule has 6 heteroatoms. The van der Waals surface area contributed by atoms with E-state index in [-0.39, 0.29) is 0 Å². The number of aromatic nitrogens is 1. The van der Waals surface area contributed by atoms with Gasteiger partial charge in [-0.05, 0) is 55.8 Å². The van der Waals surface area contributed by atoms with E-state index in [9.17, 15) is 5.11 Å². The van der Waals surface area contributed by atoms with E-state index in [2.05, 4.69) is 27.0 Å². The lowest BCUT2D eigenvalue weighted by Gasteiger charge is -2.27. The Morgan fingerprint density at radius 1 is 1.10 bits per heavy atom. The van der Waals surface area contributed by atoms with Gasteiger partial charge in [0.1, 0.15) is 12.0 Å². The lowest BCUT2D eigenvalue weighted by molar-refractivity contribution is 0.129. The average molecular weight is 435 g/mol. The second kappa shape index (κ2) is 10.1. The molecule has 1 aliphatic heterocycles. The predicted molar refractivity (Wildman–Crippen MR) is 127 cm³/mol. The molecule has 0 spiro atoms. The number of halogens is 1. The summed E-state index contributed by atoms with van der Waals surface area (Å²) >= 11 is 6.15. The number of piperidine rings is 1. The van der Waals surface area contributed by atoms with E-state index in [1.807, 2.05) is 42.5 Å². The fraction of sp³-hybridized carbons (Fsp3) is 0.320. The van der Waals surface area contributed by atoms with Gasteiger partial charge in [-0.1, -0.05) is 48.1 Å². The zero-order chi connectivity index (χ0) is 21.6.